The van der Waals surface area contributed by atoms with Crippen LogP contribution >= 0.6 is 11.8 Å². The number of aryl methyl sites for hydroxylation is 3. The molecule has 7 heteroatoms. The topological polar surface area (TPSA) is 66.5 Å². The molecule has 0 bridgehead atoms. The zero-order chi connectivity index (χ0) is 19.5. The van der Waals surface area contributed by atoms with Crippen LogP contribution in [0.15, 0.2) is 46.2 Å². The number of hydrogen-bond donors (Lipinski definition) is 1. The highest BCUT2D eigenvalue weighted by Crippen LogP contribution is 2.24. The van der Waals surface area contributed by atoms with Crippen LogP contribution in [-0.2, 0) is 14.8 Å². The zero-order valence-electron chi connectivity index (χ0n) is 15.7. The van der Waals surface area contributed by atoms with Gasteiger partial charge in [-0.05, 0) is 56.4 Å². The molecule has 0 aromatic heterocycles. The number of nitrogens with zero attached hydrogens (tertiary/aromatic N) is 1. The van der Waals surface area contributed by atoms with Gasteiger partial charge in [0.2, 0.25) is 15.9 Å². The van der Waals surface area contributed by atoms with Gasteiger partial charge in [-0.1, -0.05) is 23.8 Å². The number of sulfonamides is 1. The molecule has 5 nitrogen and oxygen atoms in total. The normalized spacial score (nSPS) is 11.6. The van der Waals surface area contributed by atoms with Crippen molar-refractivity contribution in [3.05, 3.63) is 53.1 Å². The van der Waals surface area contributed by atoms with Crippen LogP contribution in [-0.4, -0.2) is 38.5 Å². The van der Waals surface area contributed by atoms with Crippen molar-refractivity contribution in [1.82, 2.24) is 4.31 Å². The molecule has 0 heterocycles. The largest absolute Gasteiger partial charge is 0.325 e. The Labute approximate surface area is 159 Å². The second-order valence-electron chi connectivity index (χ2n) is 6.27. The molecule has 0 unspecified atom stereocenters. The molecule has 0 atom stereocenters. The fraction of sp³-hybridized carbons (Fsp3) is 0.316. The van der Waals surface area contributed by atoms with Crippen LogP contribution in [0.3, 0.4) is 0 Å². The lowest BCUT2D eigenvalue weighted by atomic mass is 10.1. The Hall–Kier alpha value is -1.83. The van der Waals surface area contributed by atoms with E-state index in [2.05, 4.69) is 5.32 Å². The molecule has 0 aliphatic rings. The van der Waals surface area contributed by atoms with Gasteiger partial charge in [-0.2, -0.15) is 4.31 Å². The number of thioether (sulfide) groups is 1. The maximum Gasteiger partial charge on any atom is 0.243 e. The van der Waals surface area contributed by atoms with E-state index < -0.39 is 10.0 Å². The number of hydrogen-bond acceptors (Lipinski definition) is 4. The molecule has 2 aromatic rings. The molecule has 0 fully saturated rings. The first-order valence-electron chi connectivity index (χ1n) is 8.13. The number of likely N-dealkylation sites (N-methyl/N-ethyl adjacent to an activating group) is 1. The van der Waals surface area contributed by atoms with Crippen LogP contribution in [0.25, 0.3) is 0 Å². The van der Waals surface area contributed by atoms with Gasteiger partial charge in [0.15, 0.2) is 0 Å². The summed E-state index contributed by atoms with van der Waals surface area (Å²) in [6.45, 7) is 5.22. The van der Waals surface area contributed by atoms with E-state index in [1.54, 1.807) is 31.7 Å². The minimum Gasteiger partial charge on any atom is -0.325 e. The second kappa shape index (κ2) is 8.24. The summed E-state index contributed by atoms with van der Waals surface area (Å²) >= 11 is 1.57. The average molecular weight is 393 g/mol. The van der Waals surface area contributed by atoms with Gasteiger partial charge >= 0.3 is 0 Å². The Morgan fingerprint density at radius 1 is 1.12 bits per heavy atom. The Balaban J connectivity index is 2.17. The van der Waals surface area contributed by atoms with Gasteiger partial charge in [-0.25, -0.2) is 8.42 Å². The van der Waals surface area contributed by atoms with Crippen LogP contribution < -0.4 is 5.32 Å². The molecule has 0 spiro atoms. The first-order chi connectivity index (χ1) is 12.1. The molecule has 0 radical (unpaired) electrons. The van der Waals surface area contributed by atoms with E-state index in [9.17, 15) is 13.2 Å². The van der Waals surface area contributed by atoms with Gasteiger partial charge in [0.1, 0.15) is 0 Å². The van der Waals surface area contributed by atoms with Gasteiger partial charge in [-0.3, -0.25) is 4.79 Å². The summed E-state index contributed by atoms with van der Waals surface area (Å²) in [4.78, 5) is 13.6. The first-order valence-corrected chi connectivity index (χ1v) is 10.8. The van der Waals surface area contributed by atoms with Crippen LogP contribution in [0.4, 0.5) is 5.69 Å². The van der Waals surface area contributed by atoms with E-state index in [1.165, 1.54) is 7.05 Å². The maximum absolute atomic E-state index is 12.9. The van der Waals surface area contributed by atoms with Gasteiger partial charge in [0.05, 0.1) is 11.4 Å². The highest BCUT2D eigenvalue weighted by Gasteiger charge is 2.26. The van der Waals surface area contributed by atoms with Crippen molar-refractivity contribution in [1.29, 1.82) is 0 Å². The molecule has 2 rings (SSSR count). The third-order valence-electron chi connectivity index (χ3n) is 3.99. The van der Waals surface area contributed by atoms with Gasteiger partial charge in [-0.15, -0.1) is 11.8 Å². The Kier molecular flexibility index (Phi) is 6.49. The van der Waals surface area contributed by atoms with Crippen LogP contribution in [0.1, 0.15) is 16.7 Å². The first kappa shape index (κ1) is 20.5. The van der Waals surface area contributed by atoms with Crippen LogP contribution in [0.2, 0.25) is 0 Å². The molecule has 0 saturated carbocycles. The molecule has 1 N–H and O–H groups in total. The fourth-order valence-electron chi connectivity index (χ4n) is 2.92. The number of nitrogens with one attached hydrogen (secondary N) is 1. The number of benzene rings is 2. The van der Waals surface area contributed by atoms with E-state index in [0.29, 0.717) is 16.8 Å². The molecule has 1 amide bonds. The lowest BCUT2D eigenvalue weighted by Crippen LogP contribution is -2.35. The van der Waals surface area contributed by atoms with Crippen LogP contribution in [0.5, 0.6) is 0 Å². The van der Waals surface area contributed by atoms with E-state index in [0.717, 1.165) is 14.8 Å². The van der Waals surface area contributed by atoms with Gasteiger partial charge in [0, 0.05) is 17.6 Å². The highest BCUT2D eigenvalue weighted by molar-refractivity contribution is 7.98. The van der Waals surface area contributed by atoms with Crippen molar-refractivity contribution in [2.45, 2.75) is 30.6 Å². The molecular formula is C19H24N2O3S2. The van der Waals surface area contributed by atoms with Crippen molar-refractivity contribution >= 4 is 33.4 Å². The summed E-state index contributed by atoms with van der Waals surface area (Å²) in [5.41, 5.74) is 3.02. The number of anilines is 1. The fourth-order valence-corrected chi connectivity index (χ4v) is 4.91. The zero-order valence-corrected chi connectivity index (χ0v) is 17.3. The summed E-state index contributed by atoms with van der Waals surface area (Å²) in [7, 11) is -2.33. The number of carbonyl (C=O) groups excluding carboxylic acids is 1. The minimum atomic E-state index is -3.75. The highest BCUT2D eigenvalue weighted by atomic mass is 32.2. The third kappa shape index (κ3) is 4.66. The lowest BCUT2D eigenvalue weighted by molar-refractivity contribution is -0.116. The predicted molar refractivity (Wildman–Crippen MR) is 107 cm³/mol. The Bertz CT molecular complexity index is 901. The van der Waals surface area contributed by atoms with Gasteiger partial charge in [0.25, 0.3) is 0 Å². The van der Waals surface area contributed by atoms with E-state index in [1.807, 2.05) is 43.5 Å². The summed E-state index contributed by atoms with van der Waals surface area (Å²) in [6.07, 6.45) is 1.95. The standard InChI is InChI=1S/C19H24N2O3S2/c1-13-9-14(2)19(15(3)10-13)26(23,24)21(4)12-18(22)20-16-7-6-8-17(11-16)25-5/h6-11H,12H2,1-5H3,(H,20,22). The van der Waals surface area contributed by atoms with Gasteiger partial charge < -0.3 is 5.32 Å². The van der Waals surface area contributed by atoms with Crippen molar-refractivity contribution in [2.75, 3.05) is 25.2 Å². The predicted octanol–water partition coefficient (Wildman–Crippen LogP) is 3.59. The number of carbonyl (C=O) groups is 1. The quantitative estimate of drug-likeness (QED) is 0.763. The van der Waals surface area contributed by atoms with Crippen molar-refractivity contribution in [3.8, 4) is 0 Å². The maximum atomic E-state index is 12.9. The summed E-state index contributed by atoms with van der Waals surface area (Å²) < 4.78 is 26.9. The second-order valence-corrected chi connectivity index (χ2v) is 9.13. The van der Waals surface area contributed by atoms with Crippen LogP contribution in [0, 0.1) is 20.8 Å². The Morgan fingerprint density at radius 2 is 1.73 bits per heavy atom. The monoisotopic (exact) mass is 392 g/mol. The average Bonchev–Trinajstić information content (AvgIpc) is 2.53. The summed E-state index contributed by atoms with van der Waals surface area (Å²) in [5.74, 6) is -0.378. The third-order valence-corrected chi connectivity index (χ3v) is 6.83. The minimum absolute atomic E-state index is 0.251. The van der Waals surface area contributed by atoms with E-state index in [-0.39, 0.29) is 17.3 Å². The number of rotatable bonds is 6. The molecule has 26 heavy (non-hydrogen) atoms. The van der Waals surface area contributed by atoms with E-state index >= 15 is 0 Å². The molecular weight excluding hydrogens is 368 g/mol. The lowest BCUT2D eigenvalue weighted by Gasteiger charge is -2.20. The SMILES string of the molecule is CSc1cccc(NC(=O)CN(C)S(=O)(=O)c2c(C)cc(C)cc2C)c1. The van der Waals surface area contributed by atoms with Crippen molar-refractivity contribution in [3.63, 3.8) is 0 Å². The summed E-state index contributed by atoms with van der Waals surface area (Å²) in [6, 6.07) is 11.1. The molecule has 2 aromatic carbocycles. The Morgan fingerprint density at radius 3 is 2.31 bits per heavy atom. The molecule has 0 saturated heterocycles. The molecule has 0 aliphatic carbocycles. The van der Waals surface area contributed by atoms with Crippen molar-refractivity contribution < 1.29 is 13.2 Å². The van der Waals surface area contributed by atoms with E-state index in [4.69, 9.17) is 0 Å². The molecule has 140 valence electrons. The molecule has 0 aliphatic heterocycles. The number of amides is 1. The smallest absolute Gasteiger partial charge is 0.243 e. The van der Waals surface area contributed by atoms with Crippen molar-refractivity contribution in [2.24, 2.45) is 0 Å². The summed E-state index contributed by atoms with van der Waals surface area (Å²) in [5, 5.41) is 2.75.